The van der Waals surface area contributed by atoms with E-state index in [4.69, 9.17) is 10.5 Å². The van der Waals surface area contributed by atoms with Gasteiger partial charge in [-0.2, -0.15) is 9.61 Å². The van der Waals surface area contributed by atoms with Crippen molar-refractivity contribution in [1.82, 2.24) is 19.8 Å². The number of hydrogen-bond donors (Lipinski definition) is 1. The summed E-state index contributed by atoms with van der Waals surface area (Å²) in [4.78, 5) is 0.587. The molecule has 2 heterocycles. The third-order valence-electron chi connectivity index (χ3n) is 2.55. The first-order chi connectivity index (χ1) is 9.19. The highest BCUT2D eigenvalue weighted by atomic mass is 32.1. The smallest absolute Gasteiger partial charge is 0.235 e. The number of methoxy groups -OCH3 is 1. The number of halogens is 1. The second-order valence-corrected chi connectivity index (χ2v) is 4.85. The van der Waals surface area contributed by atoms with Gasteiger partial charge in [0.15, 0.2) is 10.8 Å². The minimum atomic E-state index is -0.368. The van der Waals surface area contributed by atoms with E-state index < -0.39 is 0 Å². The number of nitrogens with two attached hydrogens (primary N) is 1. The van der Waals surface area contributed by atoms with E-state index in [2.05, 4.69) is 15.3 Å². The summed E-state index contributed by atoms with van der Waals surface area (Å²) in [5, 5.41) is 12.7. The average molecular weight is 279 g/mol. The molecule has 0 amide bonds. The van der Waals surface area contributed by atoms with Gasteiger partial charge < -0.3 is 10.5 Å². The van der Waals surface area contributed by atoms with Crippen molar-refractivity contribution < 1.29 is 9.13 Å². The van der Waals surface area contributed by atoms with Gasteiger partial charge in [0.25, 0.3) is 0 Å². The van der Waals surface area contributed by atoms with Gasteiger partial charge in [-0.3, -0.25) is 0 Å². The van der Waals surface area contributed by atoms with Crippen molar-refractivity contribution in [2.75, 3.05) is 12.8 Å². The van der Waals surface area contributed by atoms with Crippen LogP contribution in [0.3, 0.4) is 0 Å². The van der Waals surface area contributed by atoms with Gasteiger partial charge in [-0.1, -0.05) is 11.3 Å². The first kappa shape index (κ1) is 12.0. The molecule has 0 radical (unpaired) electrons. The number of ether oxygens (including phenoxy) is 1. The molecule has 0 aliphatic heterocycles. The lowest BCUT2D eigenvalue weighted by molar-refractivity contribution is 0.176. The first-order valence-electron chi connectivity index (χ1n) is 5.44. The number of anilines is 1. The molecule has 0 fully saturated rings. The van der Waals surface area contributed by atoms with Crippen LogP contribution in [-0.2, 0) is 11.3 Å². The maximum atomic E-state index is 13.8. The van der Waals surface area contributed by atoms with E-state index in [1.807, 2.05) is 0 Å². The van der Waals surface area contributed by atoms with Crippen molar-refractivity contribution in [3.05, 3.63) is 29.8 Å². The normalized spacial score (nSPS) is 11.3. The molecule has 8 heteroatoms. The Kier molecular flexibility index (Phi) is 2.88. The highest BCUT2D eigenvalue weighted by molar-refractivity contribution is 7.19. The fourth-order valence-electron chi connectivity index (χ4n) is 1.69. The fourth-order valence-corrected chi connectivity index (χ4v) is 2.57. The topological polar surface area (TPSA) is 78.3 Å². The Labute approximate surface area is 111 Å². The highest BCUT2D eigenvalue weighted by Gasteiger charge is 2.15. The lowest BCUT2D eigenvalue weighted by atomic mass is 10.2. The van der Waals surface area contributed by atoms with E-state index in [0.29, 0.717) is 33.7 Å². The van der Waals surface area contributed by atoms with E-state index in [9.17, 15) is 4.39 Å². The van der Waals surface area contributed by atoms with Crippen LogP contribution in [-0.4, -0.2) is 26.9 Å². The molecule has 0 aliphatic carbocycles. The van der Waals surface area contributed by atoms with Crippen molar-refractivity contribution in [3.63, 3.8) is 0 Å². The van der Waals surface area contributed by atoms with E-state index in [1.54, 1.807) is 17.7 Å². The third kappa shape index (κ3) is 2.04. The second-order valence-electron chi connectivity index (χ2n) is 3.89. The van der Waals surface area contributed by atoms with Gasteiger partial charge in [0.1, 0.15) is 12.4 Å². The summed E-state index contributed by atoms with van der Waals surface area (Å²) in [5.74, 6) is 0.205. The number of benzene rings is 1. The zero-order chi connectivity index (χ0) is 13.4. The number of nitrogen functional groups attached to an aromatic ring is 1. The molecule has 0 saturated carbocycles. The summed E-state index contributed by atoms with van der Waals surface area (Å²) in [6.07, 6.45) is 0. The quantitative estimate of drug-likeness (QED) is 0.738. The van der Waals surface area contributed by atoms with Crippen LogP contribution in [0.15, 0.2) is 18.2 Å². The number of hydrogen-bond acceptors (Lipinski definition) is 6. The molecule has 0 saturated heterocycles. The Morgan fingerprint density at radius 2 is 2.26 bits per heavy atom. The fraction of sp³-hybridized carbons (Fsp3) is 0.182. The molecule has 3 aromatic rings. The Bertz CT molecular complexity index is 738. The summed E-state index contributed by atoms with van der Waals surface area (Å²) < 4.78 is 20.3. The standard InChI is InChI=1S/C11H10FN5OS/c1-18-5-9-14-15-11-17(9)16-10(19-11)7-4-6(13)2-3-8(7)12/h2-4H,5,13H2,1H3. The summed E-state index contributed by atoms with van der Waals surface area (Å²) in [5.41, 5.74) is 6.51. The molecule has 0 spiro atoms. The molecule has 0 bridgehead atoms. The molecule has 3 rings (SSSR count). The maximum absolute atomic E-state index is 13.8. The monoisotopic (exact) mass is 279 g/mol. The molecule has 0 aliphatic rings. The van der Waals surface area contributed by atoms with Crippen LogP contribution in [0.2, 0.25) is 0 Å². The molecule has 0 unspecified atom stereocenters. The van der Waals surface area contributed by atoms with Crippen LogP contribution >= 0.6 is 11.3 Å². The Morgan fingerprint density at radius 3 is 3.05 bits per heavy atom. The Balaban J connectivity index is 2.12. The van der Waals surface area contributed by atoms with Gasteiger partial charge in [-0.15, -0.1) is 10.2 Å². The van der Waals surface area contributed by atoms with Gasteiger partial charge in [0.05, 0.1) is 5.56 Å². The summed E-state index contributed by atoms with van der Waals surface area (Å²) in [6.45, 7) is 0.295. The van der Waals surface area contributed by atoms with Crippen LogP contribution in [0.25, 0.3) is 15.5 Å². The average Bonchev–Trinajstić information content (AvgIpc) is 2.95. The van der Waals surface area contributed by atoms with Crippen LogP contribution in [0.1, 0.15) is 5.82 Å². The number of fused-ring (bicyclic) bond motifs is 1. The highest BCUT2D eigenvalue weighted by Crippen LogP contribution is 2.29. The van der Waals surface area contributed by atoms with Crippen LogP contribution in [0.5, 0.6) is 0 Å². The predicted octanol–water partition coefficient (Wildman–Crippen LogP) is 1.72. The molecule has 2 N–H and O–H groups in total. The third-order valence-corrected chi connectivity index (χ3v) is 3.48. The van der Waals surface area contributed by atoms with Gasteiger partial charge in [-0.25, -0.2) is 4.39 Å². The first-order valence-corrected chi connectivity index (χ1v) is 6.26. The number of rotatable bonds is 3. The van der Waals surface area contributed by atoms with Gasteiger partial charge in [0, 0.05) is 12.8 Å². The minimum Gasteiger partial charge on any atom is -0.399 e. The minimum absolute atomic E-state index is 0.295. The molecule has 1 aromatic carbocycles. The van der Waals surface area contributed by atoms with Crippen LogP contribution in [0.4, 0.5) is 10.1 Å². The van der Waals surface area contributed by atoms with Gasteiger partial charge in [-0.05, 0) is 18.2 Å². The zero-order valence-corrected chi connectivity index (χ0v) is 10.8. The Morgan fingerprint density at radius 1 is 1.42 bits per heavy atom. The van der Waals surface area contributed by atoms with Crippen molar-refractivity contribution in [3.8, 4) is 10.6 Å². The zero-order valence-electron chi connectivity index (χ0n) is 10.00. The van der Waals surface area contributed by atoms with Gasteiger partial charge >= 0.3 is 0 Å². The molecule has 98 valence electrons. The van der Waals surface area contributed by atoms with Crippen LogP contribution < -0.4 is 5.73 Å². The number of aromatic nitrogens is 4. The van der Waals surface area contributed by atoms with E-state index in [-0.39, 0.29) is 5.82 Å². The van der Waals surface area contributed by atoms with Crippen molar-refractivity contribution in [1.29, 1.82) is 0 Å². The molecule has 6 nitrogen and oxygen atoms in total. The maximum Gasteiger partial charge on any atom is 0.235 e. The van der Waals surface area contributed by atoms with Crippen molar-refractivity contribution in [2.24, 2.45) is 0 Å². The molecule has 0 atom stereocenters. The molecular weight excluding hydrogens is 269 g/mol. The van der Waals surface area contributed by atoms with Gasteiger partial charge in [0.2, 0.25) is 4.96 Å². The summed E-state index contributed by atoms with van der Waals surface area (Å²) in [6, 6.07) is 4.38. The van der Waals surface area contributed by atoms with E-state index in [1.165, 1.54) is 23.5 Å². The molecule has 2 aromatic heterocycles. The molecule has 19 heavy (non-hydrogen) atoms. The van der Waals surface area contributed by atoms with E-state index in [0.717, 1.165) is 0 Å². The second kappa shape index (κ2) is 4.56. The lowest BCUT2D eigenvalue weighted by Gasteiger charge is -1.99. The van der Waals surface area contributed by atoms with Crippen LogP contribution in [0, 0.1) is 5.82 Å². The number of nitrogens with zero attached hydrogens (tertiary/aromatic N) is 4. The van der Waals surface area contributed by atoms with Crippen molar-refractivity contribution in [2.45, 2.75) is 6.61 Å². The lowest BCUT2D eigenvalue weighted by Crippen LogP contribution is -1.98. The SMILES string of the molecule is COCc1nnc2sc(-c3cc(N)ccc3F)nn12. The Hall–Kier alpha value is -2.06. The van der Waals surface area contributed by atoms with Crippen molar-refractivity contribution >= 4 is 22.0 Å². The predicted molar refractivity (Wildman–Crippen MR) is 69.2 cm³/mol. The largest absolute Gasteiger partial charge is 0.399 e. The summed E-state index contributed by atoms with van der Waals surface area (Å²) in [7, 11) is 1.56. The molecular formula is C11H10FN5OS. The van der Waals surface area contributed by atoms with E-state index >= 15 is 0 Å². The summed E-state index contributed by atoms with van der Waals surface area (Å²) >= 11 is 1.25.